The van der Waals surface area contributed by atoms with Gasteiger partial charge in [0.2, 0.25) is 5.91 Å². The molecular formula is C20H20N4O3. The van der Waals surface area contributed by atoms with E-state index in [0.29, 0.717) is 18.7 Å². The van der Waals surface area contributed by atoms with Crippen LogP contribution in [0, 0.1) is 0 Å². The molecule has 0 radical (unpaired) electrons. The summed E-state index contributed by atoms with van der Waals surface area (Å²) < 4.78 is 5.18. The minimum Gasteiger partial charge on any atom is -0.484 e. The zero-order chi connectivity index (χ0) is 19.1. The molecule has 3 aromatic rings. The lowest BCUT2D eigenvalue weighted by Gasteiger charge is -2.03. The van der Waals surface area contributed by atoms with Crippen molar-refractivity contribution in [2.45, 2.75) is 6.42 Å². The number of nitrogens with two attached hydrogens (primary N) is 1. The maximum absolute atomic E-state index is 11.9. The van der Waals surface area contributed by atoms with Gasteiger partial charge in [-0.2, -0.15) is 0 Å². The smallest absolute Gasteiger partial charge is 0.255 e. The van der Waals surface area contributed by atoms with E-state index < -0.39 is 5.91 Å². The number of primary amides is 1. The predicted molar refractivity (Wildman–Crippen MR) is 103 cm³/mol. The number of aromatic nitrogens is 2. The van der Waals surface area contributed by atoms with Crippen LogP contribution in [0.1, 0.15) is 11.4 Å². The Morgan fingerprint density at radius 1 is 1.15 bits per heavy atom. The van der Waals surface area contributed by atoms with Gasteiger partial charge in [0.15, 0.2) is 6.61 Å². The first kappa shape index (κ1) is 18.2. The lowest BCUT2D eigenvalue weighted by molar-refractivity contribution is -0.120. The zero-order valence-corrected chi connectivity index (χ0v) is 14.6. The van der Waals surface area contributed by atoms with Crippen LogP contribution in [0.3, 0.4) is 0 Å². The molecule has 0 aliphatic heterocycles. The number of rotatable bonds is 8. The number of para-hydroxylation sites is 2. The molecule has 0 aliphatic rings. The number of nitrogens with one attached hydrogen (secondary N) is 2. The normalized spacial score (nSPS) is 11.0. The number of H-pyrrole nitrogens is 1. The highest BCUT2D eigenvalue weighted by molar-refractivity contribution is 5.91. The Kier molecular flexibility index (Phi) is 5.84. The maximum atomic E-state index is 11.9. The van der Waals surface area contributed by atoms with E-state index in [-0.39, 0.29) is 12.5 Å². The number of ether oxygens (including phenoxy) is 1. The molecule has 7 heteroatoms. The van der Waals surface area contributed by atoms with E-state index in [0.717, 1.165) is 22.4 Å². The van der Waals surface area contributed by atoms with Crippen molar-refractivity contribution in [3.8, 4) is 5.75 Å². The van der Waals surface area contributed by atoms with E-state index >= 15 is 0 Å². The largest absolute Gasteiger partial charge is 0.484 e. The Labute approximate surface area is 156 Å². The highest BCUT2D eigenvalue weighted by atomic mass is 16.5. The number of fused-ring (bicyclic) bond motifs is 1. The number of hydrogen-bond acceptors (Lipinski definition) is 4. The Balaban J connectivity index is 1.45. The van der Waals surface area contributed by atoms with E-state index in [9.17, 15) is 9.59 Å². The van der Waals surface area contributed by atoms with Crippen molar-refractivity contribution in [3.63, 3.8) is 0 Å². The van der Waals surface area contributed by atoms with Crippen molar-refractivity contribution in [3.05, 3.63) is 66.0 Å². The summed E-state index contributed by atoms with van der Waals surface area (Å²) in [6, 6.07) is 14.8. The van der Waals surface area contributed by atoms with Crippen LogP contribution in [0.15, 0.2) is 54.6 Å². The number of nitrogens with zero attached hydrogens (tertiary/aromatic N) is 1. The number of aromatic amines is 1. The first-order valence-corrected chi connectivity index (χ1v) is 8.51. The minimum absolute atomic E-state index is 0.164. The van der Waals surface area contributed by atoms with Crippen LogP contribution in [-0.2, 0) is 16.0 Å². The number of carbonyl (C=O) groups is 2. The number of carbonyl (C=O) groups excluding carboxylic acids is 2. The fourth-order valence-electron chi connectivity index (χ4n) is 2.49. The van der Waals surface area contributed by atoms with Gasteiger partial charge < -0.3 is 20.8 Å². The van der Waals surface area contributed by atoms with Gasteiger partial charge in [0.05, 0.1) is 11.0 Å². The number of imidazole rings is 1. The van der Waals surface area contributed by atoms with Crippen LogP contribution < -0.4 is 15.8 Å². The molecule has 0 unspecified atom stereocenters. The van der Waals surface area contributed by atoms with Crippen LogP contribution in [-0.4, -0.2) is 34.9 Å². The van der Waals surface area contributed by atoms with Gasteiger partial charge >= 0.3 is 0 Å². The van der Waals surface area contributed by atoms with Crippen LogP contribution in [0.2, 0.25) is 0 Å². The van der Waals surface area contributed by atoms with Gasteiger partial charge in [-0.15, -0.1) is 0 Å². The molecule has 0 aliphatic carbocycles. The summed E-state index contributed by atoms with van der Waals surface area (Å²) in [5.41, 5.74) is 7.77. The summed E-state index contributed by atoms with van der Waals surface area (Å²) in [4.78, 5) is 30.3. The second-order valence-electron chi connectivity index (χ2n) is 5.90. The second-order valence-corrected chi connectivity index (χ2v) is 5.90. The Morgan fingerprint density at radius 2 is 1.93 bits per heavy atom. The van der Waals surface area contributed by atoms with Gasteiger partial charge in [-0.3, -0.25) is 9.59 Å². The molecule has 3 rings (SSSR count). The van der Waals surface area contributed by atoms with Gasteiger partial charge in [-0.05, 0) is 35.9 Å². The molecule has 2 aromatic carbocycles. The highest BCUT2D eigenvalue weighted by Gasteiger charge is 2.02. The van der Waals surface area contributed by atoms with E-state index in [1.165, 1.54) is 6.08 Å². The van der Waals surface area contributed by atoms with E-state index in [2.05, 4.69) is 15.3 Å². The standard InChI is InChI=1S/C20H20N4O3/c21-18(25)13-27-15-8-5-14(6-9-15)7-10-20(26)22-12-11-19-23-16-3-1-2-4-17(16)24-19/h1-10H,11-13H2,(H2,21,25)(H,22,26)(H,23,24)/b10-7+. The van der Waals surface area contributed by atoms with Crippen molar-refractivity contribution in [1.82, 2.24) is 15.3 Å². The van der Waals surface area contributed by atoms with E-state index in [4.69, 9.17) is 10.5 Å². The average molecular weight is 364 g/mol. The molecule has 2 amide bonds. The lowest BCUT2D eigenvalue weighted by atomic mass is 10.2. The van der Waals surface area contributed by atoms with Crippen LogP contribution in [0.4, 0.5) is 0 Å². The third-order valence-corrected chi connectivity index (χ3v) is 3.79. The molecule has 7 nitrogen and oxygen atoms in total. The zero-order valence-electron chi connectivity index (χ0n) is 14.6. The number of hydrogen-bond donors (Lipinski definition) is 3. The van der Waals surface area contributed by atoms with Crippen LogP contribution >= 0.6 is 0 Å². The first-order chi connectivity index (χ1) is 13.1. The molecule has 0 spiro atoms. The highest BCUT2D eigenvalue weighted by Crippen LogP contribution is 2.13. The number of amides is 2. The fraction of sp³-hybridized carbons (Fsp3) is 0.150. The summed E-state index contributed by atoms with van der Waals surface area (Å²) in [7, 11) is 0. The molecule has 1 aromatic heterocycles. The summed E-state index contributed by atoms with van der Waals surface area (Å²) in [6.07, 6.45) is 3.80. The first-order valence-electron chi connectivity index (χ1n) is 8.51. The van der Waals surface area contributed by atoms with Gasteiger partial charge in [-0.1, -0.05) is 24.3 Å². The van der Waals surface area contributed by atoms with E-state index in [1.54, 1.807) is 30.3 Å². The van der Waals surface area contributed by atoms with Gasteiger partial charge in [0.1, 0.15) is 11.6 Å². The number of benzene rings is 2. The van der Waals surface area contributed by atoms with E-state index in [1.807, 2.05) is 24.3 Å². The maximum Gasteiger partial charge on any atom is 0.255 e. The molecule has 4 N–H and O–H groups in total. The molecule has 0 atom stereocenters. The molecule has 0 saturated carbocycles. The summed E-state index contributed by atoms with van der Waals surface area (Å²) >= 11 is 0. The molecule has 27 heavy (non-hydrogen) atoms. The average Bonchev–Trinajstić information content (AvgIpc) is 3.08. The summed E-state index contributed by atoms with van der Waals surface area (Å²) in [6.45, 7) is 0.325. The van der Waals surface area contributed by atoms with Crippen molar-refractivity contribution in [2.75, 3.05) is 13.2 Å². The molecule has 138 valence electrons. The van der Waals surface area contributed by atoms with Crippen LogP contribution in [0.25, 0.3) is 17.1 Å². The predicted octanol–water partition coefficient (Wildman–Crippen LogP) is 1.80. The fourth-order valence-corrected chi connectivity index (χ4v) is 2.49. The Morgan fingerprint density at radius 3 is 2.67 bits per heavy atom. The molecule has 1 heterocycles. The summed E-state index contributed by atoms with van der Waals surface area (Å²) in [5.74, 6) is 0.673. The second kappa shape index (κ2) is 8.66. The van der Waals surface area contributed by atoms with Crippen molar-refractivity contribution >= 4 is 28.9 Å². The van der Waals surface area contributed by atoms with Gasteiger partial charge in [0.25, 0.3) is 5.91 Å². The van der Waals surface area contributed by atoms with Crippen molar-refractivity contribution < 1.29 is 14.3 Å². The minimum atomic E-state index is -0.529. The Bertz CT molecular complexity index is 928. The van der Waals surface area contributed by atoms with Gasteiger partial charge in [-0.25, -0.2) is 4.98 Å². The topological polar surface area (TPSA) is 110 Å². The monoisotopic (exact) mass is 364 g/mol. The molecule has 0 bridgehead atoms. The van der Waals surface area contributed by atoms with Crippen LogP contribution in [0.5, 0.6) is 5.75 Å². The van der Waals surface area contributed by atoms with Crippen molar-refractivity contribution in [1.29, 1.82) is 0 Å². The van der Waals surface area contributed by atoms with Gasteiger partial charge in [0, 0.05) is 19.0 Å². The SMILES string of the molecule is NC(=O)COc1ccc(/C=C/C(=O)NCCc2nc3ccccc3[nH]2)cc1. The quantitative estimate of drug-likeness (QED) is 0.529. The molecule has 0 fully saturated rings. The third kappa shape index (κ3) is 5.43. The molecule has 0 saturated heterocycles. The van der Waals surface area contributed by atoms with Crippen molar-refractivity contribution in [2.24, 2.45) is 5.73 Å². The summed E-state index contributed by atoms with van der Waals surface area (Å²) in [5, 5.41) is 2.83. The molecular weight excluding hydrogens is 344 g/mol. The lowest BCUT2D eigenvalue weighted by Crippen LogP contribution is -2.23. The third-order valence-electron chi connectivity index (χ3n) is 3.79. The Hall–Kier alpha value is -3.61.